The first-order valence-electron chi connectivity index (χ1n) is 48.5. The second-order valence-corrected chi connectivity index (χ2v) is 39.5. The maximum atomic E-state index is 12.0. The molecule has 0 saturated heterocycles. The van der Waals surface area contributed by atoms with Crippen LogP contribution in [-0.4, -0.2) is 74.4 Å². The molecular weight excluding hydrogens is 1630 g/mol. The largest absolute Gasteiger partial charge is 0.493 e. The first-order valence-corrected chi connectivity index (χ1v) is 48.9. The highest BCUT2D eigenvalue weighted by Gasteiger charge is 2.28. The number of carbonyl (C=O) groups is 2. The number of hydrogen-bond donors (Lipinski definition) is 0. The molecule has 694 valence electrons. The van der Waals surface area contributed by atoms with Gasteiger partial charge in [-0.15, -0.1) is 0 Å². The number of aromatic nitrogens is 2. The molecule has 0 spiro atoms. The molecule has 0 bridgehead atoms. The SMILES string of the molecule is CC(C)c1ccc(Cl)cc1.CC(C)c1ccc2c(c1)C(=O)CCO2.CC(C)c1ccc2c(c1)CCCO2.CC(C)c1ccc2c3c(ccnc13)CCO2.CC(C)c1ccc2c3c(ccnc13)CCO2.Cc1cc(C(C)C)c(C)c2c1OCCC2.Cc1cc(C(C)C)c(C)c2c1OCCC2.Cc1cc(C(C)C)c(C)c2c1OCCC2.Cc1cc(C(C)C)c(C)c2c1OCCC2=O. The summed E-state index contributed by atoms with van der Waals surface area (Å²) in [4.78, 5) is 32.6. The fraction of sp³-hybridized carbons (Fsp3) is 0.470. The van der Waals surface area contributed by atoms with Crippen LogP contribution in [0.25, 0.3) is 21.8 Å². The standard InChI is InChI=1S/2C14H15NO.C14H18O2.3C14H20O.C12H14O2.C12H16O.C9H11Cl/c2*1-9(2)11-3-4-12-13-10(6-8-16-12)5-7-15-14(11)13;1-8(2)11-7-9(3)14-13(10(11)4)12(15)5-6-16-14;3*1-9(2)13-8-10(3)14-12(11(13)4)6-5-7-15-14;1-8(2)9-3-4-12-10(7-9)11(13)5-6-14-12;1-9(2)10-5-6-12-11(8-10)4-3-7-13-12;1-7(2)8-3-5-9(10)6-4-8/h2*3-5,7,9H,6,8H2,1-2H3;7-8H,5-6H2,1-4H3;3*8-9H,5-7H2,1-4H3;3-4,7-8H,5-6H2,1-2H3;5-6,8-9H,3-4,7H2,1-2H3;3-7H,1-2H3. The van der Waals surface area contributed by atoms with Crippen LogP contribution in [0.1, 0.15) is 365 Å². The van der Waals surface area contributed by atoms with Gasteiger partial charge in [-0.05, 0) is 343 Å². The van der Waals surface area contributed by atoms with Gasteiger partial charge in [-0.2, -0.15) is 0 Å². The van der Waals surface area contributed by atoms with Crippen LogP contribution < -0.4 is 37.9 Å². The molecule has 0 N–H and O–H groups in total. The summed E-state index contributed by atoms with van der Waals surface area (Å²) in [6, 6.07) is 42.2. The molecule has 2 aromatic heterocycles. The molecule has 10 heterocycles. The van der Waals surface area contributed by atoms with Gasteiger partial charge < -0.3 is 37.9 Å². The van der Waals surface area contributed by atoms with Gasteiger partial charge in [0.05, 0.1) is 75.0 Å². The second kappa shape index (κ2) is 46.3. The zero-order valence-corrected chi connectivity index (χ0v) is 84.2. The van der Waals surface area contributed by atoms with Crippen molar-refractivity contribution >= 4 is 45.0 Å². The Hall–Kier alpha value is -10.2. The van der Waals surface area contributed by atoms with Crippen LogP contribution in [0, 0.1) is 55.4 Å². The topological polar surface area (TPSA) is 134 Å². The summed E-state index contributed by atoms with van der Waals surface area (Å²) in [5.74, 6) is 13.5. The fourth-order valence-corrected chi connectivity index (χ4v) is 19.1. The van der Waals surface area contributed by atoms with E-state index in [0.29, 0.717) is 79.3 Å². The third-order valence-corrected chi connectivity index (χ3v) is 26.6. The molecular formula is C117H149ClN2O10. The zero-order chi connectivity index (χ0) is 94.1. The molecule has 130 heavy (non-hydrogen) atoms. The average Bonchev–Trinajstić information content (AvgIpc) is 0.795. The number of halogens is 1. The smallest absolute Gasteiger partial charge is 0.170 e. The van der Waals surface area contributed by atoms with Crippen molar-refractivity contribution in [3.63, 3.8) is 0 Å². The van der Waals surface area contributed by atoms with Gasteiger partial charge in [-0.1, -0.05) is 203 Å². The Morgan fingerprint density at radius 3 is 1.03 bits per heavy atom. The van der Waals surface area contributed by atoms with E-state index < -0.39 is 0 Å². The zero-order valence-electron chi connectivity index (χ0n) is 83.4. The molecule has 0 fully saturated rings. The third kappa shape index (κ3) is 24.6. The van der Waals surface area contributed by atoms with Crippen molar-refractivity contribution < 1.29 is 47.5 Å². The number of ketones is 2. The summed E-state index contributed by atoms with van der Waals surface area (Å²) in [5.41, 5.74) is 35.0. The first kappa shape index (κ1) is 100. The van der Waals surface area contributed by atoms with Crippen LogP contribution in [0.3, 0.4) is 0 Å². The lowest BCUT2D eigenvalue weighted by Crippen LogP contribution is -2.18. The summed E-state index contributed by atoms with van der Waals surface area (Å²) in [6.07, 6.45) is 16.2. The van der Waals surface area contributed by atoms with Crippen molar-refractivity contribution in [2.24, 2.45) is 0 Å². The van der Waals surface area contributed by atoms with Crippen molar-refractivity contribution in [3.05, 3.63) is 278 Å². The molecule has 12 nitrogen and oxygen atoms in total. The van der Waals surface area contributed by atoms with E-state index in [9.17, 15) is 9.59 Å². The Bertz CT molecular complexity index is 5450. The van der Waals surface area contributed by atoms with Crippen LogP contribution in [0.4, 0.5) is 0 Å². The van der Waals surface area contributed by atoms with E-state index in [1.807, 2.05) is 56.6 Å². The van der Waals surface area contributed by atoms with Gasteiger partial charge in [0.2, 0.25) is 0 Å². The van der Waals surface area contributed by atoms with Gasteiger partial charge in [0.15, 0.2) is 11.6 Å². The molecule has 11 aromatic rings. The molecule has 0 saturated carbocycles. The lowest BCUT2D eigenvalue weighted by Gasteiger charge is -2.24. The molecule has 9 aromatic carbocycles. The molecule has 0 atom stereocenters. The number of carbonyl (C=O) groups excluding carboxylic acids is 2. The molecule has 0 radical (unpaired) electrons. The number of nitrogens with zero attached hydrogens (tertiary/aromatic N) is 2. The number of benzene rings is 9. The summed E-state index contributed by atoms with van der Waals surface area (Å²) in [6.45, 7) is 63.1. The predicted octanol–water partition coefficient (Wildman–Crippen LogP) is 30.6. The number of fused-ring (bicyclic) bond motifs is 6. The Morgan fingerprint density at radius 1 is 0.277 bits per heavy atom. The maximum absolute atomic E-state index is 12.0. The summed E-state index contributed by atoms with van der Waals surface area (Å²) < 4.78 is 45.3. The Labute approximate surface area is 784 Å². The van der Waals surface area contributed by atoms with E-state index in [1.165, 1.54) is 153 Å². The first-order chi connectivity index (χ1) is 62.0. The van der Waals surface area contributed by atoms with Gasteiger partial charge in [0.25, 0.3) is 0 Å². The van der Waals surface area contributed by atoms with Gasteiger partial charge >= 0.3 is 0 Å². The highest BCUT2D eigenvalue weighted by molar-refractivity contribution is 6.30. The second-order valence-electron chi connectivity index (χ2n) is 39.1. The van der Waals surface area contributed by atoms with Crippen LogP contribution in [0.2, 0.25) is 5.02 Å². The lowest BCUT2D eigenvalue weighted by atomic mass is 9.88. The van der Waals surface area contributed by atoms with E-state index in [0.717, 1.165) is 162 Å². The quantitative estimate of drug-likeness (QED) is 0.136. The maximum Gasteiger partial charge on any atom is 0.170 e. The molecule has 19 rings (SSSR count). The number of hydrogen-bond acceptors (Lipinski definition) is 12. The number of rotatable bonds is 9. The Kier molecular flexibility index (Phi) is 35.7. The van der Waals surface area contributed by atoms with Crippen molar-refractivity contribution in [1.29, 1.82) is 0 Å². The minimum absolute atomic E-state index is 0.203. The normalized spacial score (nSPS) is 14.5. The fourth-order valence-electron chi connectivity index (χ4n) is 19.0. The molecule has 13 heteroatoms. The van der Waals surface area contributed by atoms with Gasteiger partial charge in [0.1, 0.15) is 46.0 Å². The van der Waals surface area contributed by atoms with Crippen molar-refractivity contribution in [1.82, 2.24) is 9.97 Å². The van der Waals surface area contributed by atoms with E-state index in [1.54, 1.807) is 0 Å². The molecule has 8 aliphatic rings. The van der Waals surface area contributed by atoms with Crippen molar-refractivity contribution in [2.75, 3.05) is 52.9 Å². The number of aryl methyl sites for hydroxylation is 5. The summed E-state index contributed by atoms with van der Waals surface area (Å²) in [5, 5.41) is 3.25. The van der Waals surface area contributed by atoms with E-state index in [2.05, 4.69) is 267 Å². The van der Waals surface area contributed by atoms with Crippen LogP contribution in [0.5, 0.6) is 46.0 Å². The van der Waals surface area contributed by atoms with Crippen LogP contribution in [0.15, 0.2) is 134 Å². The Morgan fingerprint density at radius 2 is 0.608 bits per heavy atom. The third-order valence-electron chi connectivity index (χ3n) is 26.4. The summed E-state index contributed by atoms with van der Waals surface area (Å²) >= 11 is 5.72. The van der Waals surface area contributed by atoms with Crippen molar-refractivity contribution in [3.8, 4) is 46.0 Å². The van der Waals surface area contributed by atoms with Gasteiger partial charge in [0, 0.05) is 53.9 Å². The molecule has 0 aliphatic carbocycles. The molecule has 0 unspecified atom stereocenters. The average molecular weight is 1780 g/mol. The highest BCUT2D eigenvalue weighted by Crippen LogP contribution is 2.44. The highest BCUT2D eigenvalue weighted by atomic mass is 35.5. The number of ether oxygens (including phenoxy) is 8. The van der Waals surface area contributed by atoms with E-state index >= 15 is 0 Å². The Balaban J connectivity index is 0.000000142. The van der Waals surface area contributed by atoms with Gasteiger partial charge in [-0.3, -0.25) is 19.6 Å². The summed E-state index contributed by atoms with van der Waals surface area (Å²) in [7, 11) is 0. The minimum atomic E-state index is 0.203. The van der Waals surface area contributed by atoms with Crippen LogP contribution >= 0.6 is 11.6 Å². The minimum Gasteiger partial charge on any atom is -0.493 e. The van der Waals surface area contributed by atoms with Gasteiger partial charge in [-0.25, -0.2) is 0 Å². The molecule has 0 amide bonds. The predicted molar refractivity (Wildman–Crippen MR) is 541 cm³/mol. The van der Waals surface area contributed by atoms with E-state index in [-0.39, 0.29) is 11.6 Å². The molecule has 8 aliphatic heterocycles. The lowest BCUT2D eigenvalue weighted by molar-refractivity contribution is 0.0923. The van der Waals surface area contributed by atoms with Crippen LogP contribution in [-0.2, 0) is 38.5 Å². The van der Waals surface area contributed by atoms with Crippen molar-refractivity contribution in [2.45, 2.75) is 310 Å². The van der Waals surface area contributed by atoms with E-state index in [4.69, 9.17) is 49.5 Å². The number of Topliss-reactive ketones (excluding diaryl/α,β-unsaturated/α-hetero) is 2. The monoisotopic (exact) mass is 1780 g/mol. The number of pyridine rings is 2.